The van der Waals surface area contributed by atoms with Crippen molar-refractivity contribution in [1.29, 1.82) is 0 Å². The highest BCUT2D eigenvalue weighted by Gasteiger charge is 2.16. The maximum absolute atomic E-state index is 10.3. The molecule has 1 aromatic carbocycles. The summed E-state index contributed by atoms with van der Waals surface area (Å²) in [6.07, 6.45) is 4.60. The third-order valence-corrected chi connectivity index (χ3v) is 5.25. The molecule has 1 aliphatic rings. The average Bonchev–Trinajstić information content (AvgIpc) is 3.12. The fraction of sp³-hybridized carbons (Fsp3) is 0.421. The third kappa shape index (κ3) is 5.34. The molecular formula is C19H26IN3OS. The summed E-state index contributed by atoms with van der Waals surface area (Å²) in [5.41, 5.74) is 3.67. The zero-order valence-corrected chi connectivity index (χ0v) is 17.7. The Morgan fingerprint density at radius 3 is 2.80 bits per heavy atom. The van der Waals surface area contributed by atoms with Gasteiger partial charge in [0.1, 0.15) is 5.75 Å². The molecule has 0 atom stereocenters. The van der Waals surface area contributed by atoms with Crippen LogP contribution in [-0.4, -0.2) is 17.6 Å². The van der Waals surface area contributed by atoms with Crippen LogP contribution in [0.4, 0.5) is 0 Å². The minimum atomic E-state index is 0. The monoisotopic (exact) mass is 471 g/mol. The van der Waals surface area contributed by atoms with E-state index in [2.05, 4.69) is 41.1 Å². The molecule has 1 aromatic heterocycles. The van der Waals surface area contributed by atoms with Crippen molar-refractivity contribution < 1.29 is 5.11 Å². The summed E-state index contributed by atoms with van der Waals surface area (Å²) < 4.78 is 0. The van der Waals surface area contributed by atoms with Crippen molar-refractivity contribution in [2.45, 2.75) is 45.7 Å². The van der Waals surface area contributed by atoms with Gasteiger partial charge in [-0.25, -0.2) is 4.99 Å². The predicted octanol–water partition coefficient (Wildman–Crippen LogP) is 4.21. The molecule has 0 saturated heterocycles. The molecule has 0 spiro atoms. The minimum Gasteiger partial charge on any atom is -0.508 e. The molecule has 0 bridgehead atoms. The first-order chi connectivity index (χ1) is 11.8. The number of benzene rings is 1. The second kappa shape index (κ2) is 10.0. The van der Waals surface area contributed by atoms with Crippen LogP contribution in [0.25, 0.3) is 0 Å². The zero-order valence-electron chi connectivity index (χ0n) is 14.5. The number of nitrogens with one attached hydrogen (secondary N) is 2. The van der Waals surface area contributed by atoms with E-state index in [1.807, 2.05) is 6.07 Å². The number of hydrogen-bond acceptors (Lipinski definition) is 3. The van der Waals surface area contributed by atoms with Crippen LogP contribution in [0.1, 0.15) is 41.3 Å². The maximum Gasteiger partial charge on any atom is 0.191 e. The molecule has 1 aliphatic carbocycles. The van der Waals surface area contributed by atoms with Gasteiger partial charge in [0, 0.05) is 17.0 Å². The summed E-state index contributed by atoms with van der Waals surface area (Å²) in [6, 6.07) is 8.05. The number of fused-ring (bicyclic) bond motifs is 1. The molecule has 0 radical (unpaired) electrons. The van der Waals surface area contributed by atoms with Gasteiger partial charge in [-0.15, -0.1) is 35.3 Å². The number of rotatable bonds is 5. The molecule has 6 heteroatoms. The zero-order chi connectivity index (χ0) is 16.8. The summed E-state index contributed by atoms with van der Waals surface area (Å²) in [6.45, 7) is 4.15. The number of hydrogen-bond donors (Lipinski definition) is 3. The first kappa shape index (κ1) is 20.0. The minimum absolute atomic E-state index is 0. The number of thiophene rings is 1. The van der Waals surface area contributed by atoms with E-state index in [0.29, 0.717) is 12.3 Å². The summed E-state index contributed by atoms with van der Waals surface area (Å²) in [5, 5.41) is 19.0. The number of aromatic hydroxyl groups is 1. The van der Waals surface area contributed by atoms with E-state index in [1.165, 1.54) is 28.8 Å². The van der Waals surface area contributed by atoms with Gasteiger partial charge in [-0.3, -0.25) is 0 Å². The number of aryl methyl sites for hydroxylation is 1. The van der Waals surface area contributed by atoms with Crippen molar-refractivity contribution in [2.75, 3.05) is 6.54 Å². The van der Waals surface area contributed by atoms with Crippen LogP contribution in [0.15, 0.2) is 34.6 Å². The molecule has 25 heavy (non-hydrogen) atoms. The molecular weight excluding hydrogens is 445 g/mol. The summed E-state index contributed by atoms with van der Waals surface area (Å²) >= 11 is 1.73. The lowest BCUT2D eigenvalue weighted by Crippen LogP contribution is -2.36. The largest absolute Gasteiger partial charge is 0.508 e. The van der Waals surface area contributed by atoms with Gasteiger partial charge in [0.05, 0.1) is 13.1 Å². The lowest BCUT2D eigenvalue weighted by atomic mass is 9.88. The molecule has 4 nitrogen and oxygen atoms in total. The van der Waals surface area contributed by atoms with Gasteiger partial charge in [-0.05, 0) is 61.2 Å². The van der Waals surface area contributed by atoms with Gasteiger partial charge >= 0.3 is 0 Å². The molecule has 0 amide bonds. The Labute approximate surface area is 170 Å². The van der Waals surface area contributed by atoms with E-state index >= 15 is 0 Å². The normalized spacial score (nSPS) is 13.7. The van der Waals surface area contributed by atoms with Gasteiger partial charge < -0.3 is 15.7 Å². The van der Waals surface area contributed by atoms with Crippen LogP contribution in [0.2, 0.25) is 0 Å². The molecule has 3 N–H and O–H groups in total. The Hall–Kier alpha value is -1.28. The van der Waals surface area contributed by atoms with Crippen molar-refractivity contribution >= 4 is 41.3 Å². The smallest absolute Gasteiger partial charge is 0.191 e. The molecule has 136 valence electrons. The Bertz CT molecular complexity index is 701. The van der Waals surface area contributed by atoms with E-state index in [1.54, 1.807) is 11.3 Å². The Balaban J connectivity index is 0.00000225. The Morgan fingerprint density at radius 2 is 2.04 bits per heavy atom. The maximum atomic E-state index is 10.3. The van der Waals surface area contributed by atoms with Crippen molar-refractivity contribution in [3.05, 3.63) is 51.2 Å². The molecule has 0 aliphatic heterocycles. The standard InChI is InChI=1S/C19H25N3OS.HI/c1-2-20-19(21-12-15-7-5-11-24-15)22-13-17-16-8-4-3-6-14(16)9-10-18(17)23;/h5,7,9-11,23H,2-4,6,8,12-13H2,1H3,(H2,20,21,22);1H. The van der Waals surface area contributed by atoms with E-state index in [0.717, 1.165) is 37.5 Å². The Morgan fingerprint density at radius 1 is 1.20 bits per heavy atom. The molecule has 0 unspecified atom stereocenters. The van der Waals surface area contributed by atoms with Crippen LogP contribution < -0.4 is 10.6 Å². The van der Waals surface area contributed by atoms with Crippen molar-refractivity contribution in [3.8, 4) is 5.75 Å². The summed E-state index contributed by atoms with van der Waals surface area (Å²) in [5.74, 6) is 1.16. The topological polar surface area (TPSA) is 56.7 Å². The van der Waals surface area contributed by atoms with Crippen molar-refractivity contribution in [3.63, 3.8) is 0 Å². The lowest BCUT2D eigenvalue weighted by Gasteiger charge is -2.20. The number of halogens is 1. The second-order valence-corrected chi connectivity index (χ2v) is 7.07. The van der Waals surface area contributed by atoms with Gasteiger partial charge in [-0.2, -0.15) is 0 Å². The van der Waals surface area contributed by atoms with Crippen molar-refractivity contribution in [1.82, 2.24) is 10.6 Å². The van der Waals surface area contributed by atoms with Gasteiger partial charge in [0.25, 0.3) is 0 Å². The summed E-state index contributed by atoms with van der Waals surface area (Å²) in [7, 11) is 0. The first-order valence-corrected chi connectivity index (χ1v) is 9.53. The molecule has 1 heterocycles. The van der Waals surface area contributed by atoms with E-state index in [-0.39, 0.29) is 24.0 Å². The van der Waals surface area contributed by atoms with Crippen LogP contribution in [0, 0.1) is 0 Å². The van der Waals surface area contributed by atoms with E-state index in [9.17, 15) is 5.11 Å². The number of phenolic OH excluding ortho intramolecular Hbond substituents is 1. The van der Waals surface area contributed by atoms with E-state index in [4.69, 9.17) is 4.99 Å². The molecule has 0 saturated carbocycles. The molecule has 2 aromatic rings. The number of aliphatic imine (C=N–C) groups is 1. The highest BCUT2D eigenvalue weighted by atomic mass is 127. The van der Waals surface area contributed by atoms with Gasteiger partial charge in [-0.1, -0.05) is 12.1 Å². The predicted molar refractivity (Wildman–Crippen MR) is 116 cm³/mol. The van der Waals surface area contributed by atoms with Gasteiger partial charge in [0.15, 0.2) is 5.96 Å². The number of nitrogens with zero attached hydrogens (tertiary/aromatic N) is 1. The third-order valence-electron chi connectivity index (χ3n) is 4.38. The van der Waals surface area contributed by atoms with Crippen LogP contribution in [0.5, 0.6) is 5.75 Å². The fourth-order valence-electron chi connectivity index (χ4n) is 3.15. The van der Waals surface area contributed by atoms with Crippen LogP contribution >= 0.6 is 35.3 Å². The van der Waals surface area contributed by atoms with Gasteiger partial charge in [0.2, 0.25) is 0 Å². The highest BCUT2D eigenvalue weighted by molar-refractivity contribution is 14.0. The average molecular weight is 471 g/mol. The van der Waals surface area contributed by atoms with Crippen LogP contribution in [0.3, 0.4) is 0 Å². The quantitative estimate of drug-likeness (QED) is 0.348. The summed E-state index contributed by atoms with van der Waals surface area (Å²) in [4.78, 5) is 5.97. The molecule has 0 fully saturated rings. The Kier molecular flexibility index (Phi) is 8.02. The van der Waals surface area contributed by atoms with E-state index < -0.39 is 0 Å². The number of phenols is 1. The fourth-order valence-corrected chi connectivity index (χ4v) is 3.80. The number of guanidine groups is 1. The lowest BCUT2D eigenvalue weighted by molar-refractivity contribution is 0.465. The first-order valence-electron chi connectivity index (χ1n) is 8.65. The molecule has 3 rings (SSSR count). The van der Waals surface area contributed by atoms with Crippen molar-refractivity contribution in [2.24, 2.45) is 4.99 Å². The second-order valence-electron chi connectivity index (χ2n) is 6.04. The van der Waals surface area contributed by atoms with Crippen LogP contribution in [-0.2, 0) is 25.9 Å². The SMILES string of the molecule is CCNC(=NCc1c(O)ccc2c1CCCC2)NCc1cccs1.I. The highest BCUT2D eigenvalue weighted by Crippen LogP contribution is 2.31.